The Morgan fingerprint density at radius 3 is 2.75 bits per heavy atom. The van der Waals surface area contributed by atoms with Crippen LogP contribution in [0.2, 0.25) is 0 Å². The predicted octanol–water partition coefficient (Wildman–Crippen LogP) is 3.48. The molecule has 1 saturated heterocycles. The molecule has 3 heterocycles. The number of rotatable bonds is 6. The highest BCUT2D eigenvalue weighted by Crippen LogP contribution is 2.30. The van der Waals surface area contributed by atoms with Crippen molar-refractivity contribution >= 4 is 40.9 Å². The van der Waals surface area contributed by atoms with E-state index in [1.807, 2.05) is 13.0 Å². The molecule has 164 valence electrons. The van der Waals surface area contributed by atoms with Crippen LogP contribution in [0.25, 0.3) is 11.7 Å². The number of fused-ring (bicyclic) bond motifs is 1. The number of carbonyl (C=O) groups excluding carboxylic acids is 2. The van der Waals surface area contributed by atoms with Gasteiger partial charge in [0, 0.05) is 29.4 Å². The van der Waals surface area contributed by atoms with E-state index in [1.54, 1.807) is 29.8 Å². The number of nitrogens with one attached hydrogen (secondary N) is 3. The Kier molecular flexibility index (Phi) is 4.88. The number of aromatic nitrogens is 3. The van der Waals surface area contributed by atoms with Gasteiger partial charge in [0.1, 0.15) is 17.5 Å². The lowest BCUT2D eigenvalue weighted by molar-refractivity contribution is -0.124. The number of aryl methyl sites for hydroxylation is 2. The fraction of sp³-hybridized carbons (Fsp3) is 0.304. The summed E-state index contributed by atoms with van der Waals surface area (Å²) in [5, 5.41) is 13.5. The lowest BCUT2D eigenvalue weighted by Crippen LogP contribution is -2.19. The minimum atomic E-state index is -0.395. The van der Waals surface area contributed by atoms with Gasteiger partial charge in [-0.2, -0.15) is 9.61 Å². The van der Waals surface area contributed by atoms with Crippen molar-refractivity contribution in [3.05, 3.63) is 52.5 Å². The zero-order valence-electron chi connectivity index (χ0n) is 17.8. The van der Waals surface area contributed by atoms with Crippen LogP contribution in [0.15, 0.2) is 30.0 Å². The highest BCUT2D eigenvalue weighted by atomic mass is 19.1. The van der Waals surface area contributed by atoms with Crippen LogP contribution in [-0.2, 0) is 9.59 Å². The highest BCUT2D eigenvalue weighted by molar-refractivity contribution is 6.15. The summed E-state index contributed by atoms with van der Waals surface area (Å²) in [6.07, 6.45) is 5.73. The fourth-order valence-corrected chi connectivity index (χ4v) is 3.70. The lowest BCUT2D eigenvalue weighted by atomic mass is 10.1. The Morgan fingerprint density at radius 2 is 2.03 bits per heavy atom. The minimum Gasteiger partial charge on any atom is -0.370 e. The molecule has 2 aliphatic rings. The zero-order chi connectivity index (χ0) is 22.4. The van der Waals surface area contributed by atoms with Gasteiger partial charge in [0.15, 0.2) is 5.65 Å². The van der Waals surface area contributed by atoms with Crippen molar-refractivity contribution in [3.63, 3.8) is 0 Å². The van der Waals surface area contributed by atoms with Gasteiger partial charge in [0.05, 0.1) is 12.6 Å². The van der Waals surface area contributed by atoms with Crippen LogP contribution in [0, 0.1) is 25.6 Å². The summed E-state index contributed by atoms with van der Waals surface area (Å²) in [4.78, 5) is 28.3. The monoisotopic (exact) mass is 434 g/mol. The Hall–Kier alpha value is -3.75. The highest BCUT2D eigenvalue weighted by Gasteiger charge is 2.25. The Labute approximate surface area is 183 Å². The third kappa shape index (κ3) is 3.93. The Balaban J connectivity index is 1.56. The number of carbonyl (C=O) groups is 2. The molecule has 2 fully saturated rings. The molecule has 9 heteroatoms. The molecule has 1 aromatic carbocycles. The van der Waals surface area contributed by atoms with Crippen molar-refractivity contribution < 1.29 is 14.0 Å². The molecule has 2 aromatic heterocycles. The second-order valence-corrected chi connectivity index (χ2v) is 8.45. The first-order valence-electron chi connectivity index (χ1n) is 10.6. The maximum atomic E-state index is 13.9. The fourth-order valence-electron chi connectivity index (χ4n) is 3.70. The molecule has 8 nitrogen and oxygen atoms in total. The number of benzene rings is 1. The average Bonchev–Trinajstić information content (AvgIpc) is 3.41. The van der Waals surface area contributed by atoms with Crippen LogP contribution in [0.5, 0.6) is 0 Å². The summed E-state index contributed by atoms with van der Waals surface area (Å²) in [6, 6.07) is 5.11. The summed E-state index contributed by atoms with van der Waals surface area (Å²) < 4.78 is 15.6. The number of nitrogens with zero attached hydrogens (tertiary/aromatic N) is 3. The van der Waals surface area contributed by atoms with Crippen molar-refractivity contribution in [1.82, 2.24) is 19.9 Å². The molecule has 0 atom stereocenters. The maximum absolute atomic E-state index is 13.9. The van der Waals surface area contributed by atoms with E-state index < -0.39 is 5.91 Å². The van der Waals surface area contributed by atoms with Gasteiger partial charge in [0.2, 0.25) is 5.91 Å². The van der Waals surface area contributed by atoms with E-state index in [-0.39, 0.29) is 18.1 Å². The molecular formula is C23H23FN6O2. The number of halogens is 1. The van der Waals surface area contributed by atoms with E-state index in [9.17, 15) is 14.0 Å². The molecule has 2 amide bonds. The van der Waals surface area contributed by atoms with Gasteiger partial charge in [-0.3, -0.25) is 14.9 Å². The summed E-state index contributed by atoms with van der Waals surface area (Å²) in [5.74, 6) is 1.02. The first kappa shape index (κ1) is 20.2. The van der Waals surface area contributed by atoms with E-state index in [0.717, 1.165) is 23.6 Å². The van der Waals surface area contributed by atoms with Gasteiger partial charge in [-0.05, 0) is 61.9 Å². The van der Waals surface area contributed by atoms with E-state index in [0.29, 0.717) is 34.1 Å². The smallest absolute Gasteiger partial charge is 0.254 e. The van der Waals surface area contributed by atoms with Gasteiger partial charge >= 0.3 is 0 Å². The average molecular weight is 434 g/mol. The third-order valence-corrected chi connectivity index (χ3v) is 5.76. The van der Waals surface area contributed by atoms with Crippen LogP contribution in [-0.4, -0.2) is 33.0 Å². The van der Waals surface area contributed by atoms with Crippen LogP contribution in [0.1, 0.15) is 36.0 Å². The van der Waals surface area contributed by atoms with Gasteiger partial charge in [-0.1, -0.05) is 0 Å². The molecule has 3 N–H and O–H groups in total. The first-order chi connectivity index (χ1) is 15.4. The standard InChI is InChI=1S/C23H23FN6O2/c1-12-6-18(13(2)5-17(12)24)27-19-9-20(25-10-14-3-4-14)30-22(28-19)16(11-26-30)7-15-8-21(31)29-23(15)32/h5-7,9,11,14,25H,3-4,8,10H2,1-2H3,(H,27,28)(H,29,31,32)/b15-7+. The van der Waals surface area contributed by atoms with Crippen molar-refractivity contribution in [2.75, 3.05) is 17.2 Å². The minimum absolute atomic E-state index is 0.0367. The quantitative estimate of drug-likeness (QED) is 0.406. The second kappa shape index (κ2) is 7.74. The second-order valence-electron chi connectivity index (χ2n) is 8.45. The number of hydrogen-bond acceptors (Lipinski definition) is 6. The van der Waals surface area contributed by atoms with Gasteiger partial charge in [-0.15, -0.1) is 0 Å². The van der Waals surface area contributed by atoms with Crippen molar-refractivity contribution in [3.8, 4) is 0 Å². The van der Waals surface area contributed by atoms with Crippen LogP contribution >= 0.6 is 0 Å². The van der Waals surface area contributed by atoms with E-state index >= 15 is 0 Å². The molecule has 1 aliphatic carbocycles. The van der Waals surface area contributed by atoms with Gasteiger partial charge < -0.3 is 10.6 Å². The number of hydrogen-bond donors (Lipinski definition) is 3. The predicted molar refractivity (Wildman–Crippen MR) is 119 cm³/mol. The van der Waals surface area contributed by atoms with Crippen LogP contribution < -0.4 is 16.0 Å². The molecule has 5 rings (SSSR count). The van der Waals surface area contributed by atoms with Gasteiger partial charge in [-0.25, -0.2) is 9.37 Å². The zero-order valence-corrected chi connectivity index (χ0v) is 17.8. The molecule has 0 spiro atoms. The van der Waals surface area contributed by atoms with E-state index in [1.165, 1.54) is 18.9 Å². The van der Waals surface area contributed by atoms with Crippen molar-refractivity contribution in [1.29, 1.82) is 0 Å². The van der Waals surface area contributed by atoms with E-state index in [4.69, 9.17) is 4.98 Å². The normalized spacial score (nSPS) is 17.3. The summed E-state index contributed by atoms with van der Waals surface area (Å²) >= 11 is 0. The molecule has 0 radical (unpaired) electrons. The molecular weight excluding hydrogens is 411 g/mol. The maximum Gasteiger partial charge on any atom is 0.254 e. The number of anilines is 3. The third-order valence-electron chi connectivity index (χ3n) is 5.76. The largest absolute Gasteiger partial charge is 0.370 e. The number of amides is 2. The molecule has 3 aromatic rings. The summed E-state index contributed by atoms with van der Waals surface area (Å²) in [7, 11) is 0. The molecule has 0 bridgehead atoms. The van der Waals surface area contributed by atoms with Crippen LogP contribution in [0.3, 0.4) is 0 Å². The molecule has 1 aliphatic heterocycles. The summed E-state index contributed by atoms with van der Waals surface area (Å²) in [5.41, 5.74) is 3.62. The first-order valence-corrected chi connectivity index (χ1v) is 10.6. The van der Waals surface area contributed by atoms with Crippen molar-refractivity contribution in [2.24, 2.45) is 5.92 Å². The molecule has 1 saturated carbocycles. The Bertz CT molecular complexity index is 1290. The van der Waals surface area contributed by atoms with E-state index in [2.05, 4.69) is 21.0 Å². The van der Waals surface area contributed by atoms with Gasteiger partial charge in [0.25, 0.3) is 5.91 Å². The number of imide groups is 1. The Morgan fingerprint density at radius 1 is 1.22 bits per heavy atom. The summed E-state index contributed by atoms with van der Waals surface area (Å²) in [6.45, 7) is 4.38. The molecule has 32 heavy (non-hydrogen) atoms. The molecule has 0 unspecified atom stereocenters. The topological polar surface area (TPSA) is 100 Å². The lowest BCUT2D eigenvalue weighted by Gasteiger charge is -2.14. The SMILES string of the molecule is Cc1cc(Nc2cc(NCC3CC3)n3ncc(/C=C4\CC(=O)NC4=O)c3n2)c(C)cc1F. The van der Waals surface area contributed by atoms with Crippen LogP contribution in [0.4, 0.5) is 21.7 Å². The van der Waals surface area contributed by atoms with Crippen molar-refractivity contribution in [2.45, 2.75) is 33.1 Å².